The molecule has 0 aromatic heterocycles. The lowest BCUT2D eigenvalue weighted by molar-refractivity contribution is 1.25. The van der Waals surface area contributed by atoms with E-state index in [0.717, 1.165) is 34.1 Å². The Balaban J connectivity index is 1.07. The molecule has 0 aliphatic rings. The van der Waals surface area contributed by atoms with Crippen LogP contribution in [-0.4, -0.2) is 0 Å². The van der Waals surface area contributed by atoms with Crippen LogP contribution in [-0.2, 0) is 0 Å². The Morgan fingerprint density at radius 1 is 0.224 bits per heavy atom. The first-order valence-corrected chi connectivity index (χ1v) is 19.8. The van der Waals surface area contributed by atoms with Gasteiger partial charge in [0.1, 0.15) is 0 Å². The molecule has 0 aliphatic heterocycles. The lowest BCUT2D eigenvalue weighted by atomic mass is 9.89. The molecular weight excluding hydrogens is 701 g/mol. The molecule has 58 heavy (non-hydrogen) atoms. The maximum atomic E-state index is 2.35. The van der Waals surface area contributed by atoms with Crippen LogP contribution in [0.25, 0.3) is 54.9 Å². The zero-order chi connectivity index (χ0) is 38.7. The Labute approximate surface area is 340 Å². The highest BCUT2D eigenvalue weighted by molar-refractivity contribution is 6.05. The van der Waals surface area contributed by atoms with Crippen molar-refractivity contribution < 1.29 is 0 Å². The number of anilines is 6. The number of fused-ring (bicyclic) bond motifs is 2. The average Bonchev–Trinajstić information content (AvgIpc) is 3.30. The lowest BCUT2D eigenvalue weighted by Crippen LogP contribution is -2.13. The van der Waals surface area contributed by atoms with Crippen molar-refractivity contribution in [3.63, 3.8) is 0 Å². The van der Waals surface area contributed by atoms with Gasteiger partial charge in [0.05, 0.1) is 0 Å². The Bertz CT molecular complexity index is 2980. The molecule has 0 saturated heterocycles. The van der Waals surface area contributed by atoms with E-state index < -0.39 is 0 Å². The van der Waals surface area contributed by atoms with E-state index in [-0.39, 0.29) is 0 Å². The molecule has 0 fully saturated rings. The predicted molar refractivity (Wildman–Crippen MR) is 247 cm³/mol. The van der Waals surface area contributed by atoms with Crippen LogP contribution in [0.15, 0.2) is 243 Å². The number of hydrogen-bond acceptors (Lipinski definition) is 2. The van der Waals surface area contributed by atoms with Crippen molar-refractivity contribution in [3.05, 3.63) is 243 Å². The van der Waals surface area contributed by atoms with Gasteiger partial charge in [-0.15, -0.1) is 0 Å². The largest absolute Gasteiger partial charge is 0.310 e. The quantitative estimate of drug-likeness (QED) is 0.145. The van der Waals surface area contributed by atoms with Gasteiger partial charge < -0.3 is 9.80 Å². The van der Waals surface area contributed by atoms with Crippen LogP contribution in [0.2, 0.25) is 0 Å². The lowest BCUT2D eigenvalue weighted by Gasteiger charge is -2.29. The second-order valence-corrected chi connectivity index (χ2v) is 14.6. The summed E-state index contributed by atoms with van der Waals surface area (Å²) in [5.74, 6) is 0. The van der Waals surface area contributed by atoms with E-state index in [9.17, 15) is 0 Å². The van der Waals surface area contributed by atoms with Crippen molar-refractivity contribution in [1.82, 2.24) is 0 Å². The average molecular weight is 741 g/mol. The molecule has 0 amide bonds. The van der Waals surface area contributed by atoms with E-state index in [1.165, 1.54) is 54.9 Å². The first-order valence-electron chi connectivity index (χ1n) is 19.8. The summed E-state index contributed by atoms with van der Waals surface area (Å²) < 4.78 is 0. The third kappa shape index (κ3) is 6.78. The van der Waals surface area contributed by atoms with Crippen LogP contribution in [0.1, 0.15) is 0 Å². The van der Waals surface area contributed by atoms with Crippen LogP contribution in [0.3, 0.4) is 0 Å². The molecule has 0 N–H and O–H groups in total. The molecular formula is C56H40N2. The number of rotatable bonds is 9. The van der Waals surface area contributed by atoms with Gasteiger partial charge in [0.15, 0.2) is 0 Å². The third-order valence-electron chi connectivity index (χ3n) is 11.0. The van der Waals surface area contributed by atoms with E-state index in [4.69, 9.17) is 0 Å². The van der Waals surface area contributed by atoms with E-state index in [1.54, 1.807) is 0 Å². The van der Waals surface area contributed by atoms with Gasteiger partial charge in [-0.3, -0.25) is 0 Å². The maximum Gasteiger partial charge on any atom is 0.0482 e. The van der Waals surface area contributed by atoms with E-state index in [2.05, 4.69) is 252 Å². The summed E-state index contributed by atoms with van der Waals surface area (Å²) in [5.41, 5.74) is 13.8. The molecule has 0 atom stereocenters. The summed E-state index contributed by atoms with van der Waals surface area (Å²) in [6, 6.07) is 87.3. The smallest absolute Gasteiger partial charge is 0.0482 e. The summed E-state index contributed by atoms with van der Waals surface area (Å²) in [6.45, 7) is 0. The summed E-state index contributed by atoms with van der Waals surface area (Å²) >= 11 is 0. The first kappa shape index (κ1) is 34.8. The van der Waals surface area contributed by atoms with Gasteiger partial charge >= 0.3 is 0 Å². The predicted octanol–water partition coefficient (Wildman–Crippen LogP) is 15.9. The van der Waals surface area contributed by atoms with E-state index >= 15 is 0 Å². The molecule has 0 unspecified atom stereocenters. The second-order valence-electron chi connectivity index (χ2n) is 14.6. The second kappa shape index (κ2) is 15.5. The van der Waals surface area contributed by atoms with Gasteiger partial charge in [-0.05, 0) is 128 Å². The summed E-state index contributed by atoms with van der Waals surface area (Å²) in [4.78, 5) is 4.68. The monoisotopic (exact) mass is 740 g/mol. The topological polar surface area (TPSA) is 6.48 Å². The van der Waals surface area contributed by atoms with Crippen molar-refractivity contribution in [3.8, 4) is 33.4 Å². The SMILES string of the molecule is c1ccc(-c2ccc(N(c3ccccc3)c3cccc(N(c4ccccc4)c4ccc(-c5c(-c6ccc7ccccc7c6)ccc6ccccc56)cc4)c3)cc2)cc1. The van der Waals surface area contributed by atoms with Crippen molar-refractivity contribution in [1.29, 1.82) is 0 Å². The molecule has 0 radical (unpaired) electrons. The minimum atomic E-state index is 1.07. The fourth-order valence-electron chi connectivity index (χ4n) is 8.21. The highest BCUT2D eigenvalue weighted by Crippen LogP contribution is 2.43. The van der Waals surface area contributed by atoms with Gasteiger partial charge in [0.2, 0.25) is 0 Å². The third-order valence-corrected chi connectivity index (χ3v) is 11.0. The van der Waals surface area contributed by atoms with Crippen LogP contribution in [0.5, 0.6) is 0 Å². The molecule has 0 spiro atoms. The van der Waals surface area contributed by atoms with Crippen LogP contribution >= 0.6 is 0 Å². The zero-order valence-electron chi connectivity index (χ0n) is 32.0. The van der Waals surface area contributed by atoms with Gasteiger partial charge in [-0.1, -0.05) is 170 Å². The van der Waals surface area contributed by atoms with Gasteiger partial charge in [-0.25, -0.2) is 0 Å². The molecule has 10 aromatic rings. The molecule has 0 aliphatic carbocycles. The van der Waals surface area contributed by atoms with E-state index in [0.29, 0.717) is 0 Å². The molecule has 10 aromatic carbocycles. The fourth-order valence-corrected chi connectivity index (χ4v) is 8.21. The number of hydrogen-bond donors (Lipinski definition) is 0. The first-order chi connectivity index (χ1) is 28.8. The van der Waals surface area contributed by atoms with Crippen molar-refractivity contribution in [2.75, 3.05) is 9.80 Å². The highest BCUT2D eigenvalue weighted by Gasteiger charge is 2.19. The molecule has 274 valence electrons. The fraction of sp³-hybridized carbons (Fsp3) is 0. The number of nitrogens with zero attached hydrogens (tertiary/aromatic N) is 2. The van der Waals surface area contributed by atoms with E-state index in [1.807, 2.05) is 0 Å². The van der Waals surface area contributed by atoms with Crippen molar-refractivity contribution in [2.24, 2.45) is 0 Å². The minimum absolute atomic E-state index is 1.07. The molecule has 0 bridgehead atoms. The van der Waals surface area contributed by atoms with Gasteiger partial charge in [-0.2, -0.15) is 0 Å². The minimum Gasteiger partial charge on any atom is -0.310 e. The molecule has 0 saturated carbocycles. The van der Waals surface area contributed by atoms with Crippen LogP contribution in [0, 0.1) is 0 Å². The molecule has 2 heteroatoms. The summed E-state index contributed by atoms with van der Waals surface area (Å²) in [7, 11) is 0. The Hall–Kier alpha value is -7.68. The van der Waals surface area contributed by atoms with Crippen molar-refractivity contribution >= 4 is 55.7 Å². The van der Waals surface area contributed by atoms with Crippen LogP contribution in [0.4, 0.5) is 34.1 Å². The molecule has 2 nitrogen and oxygen atoms in total. The number of benzene rings is 10. The normalized spacial score (nSPS) is 11.1. The standard InChI is InChI=1S/C56H40N2/c1-4-15-41(16-5-1)43-29-34-50(35-30-43)57(48-20-6-2-7-21-48)52-24-14-25-53(40-52)58(49-22-8-3-9-23-49)51-36-31-45(32-37-51)56-54-26-13-12-18-44(54)33-38-55(56)47-28-27-42-17-10-11-19-46(42)39-47/h1-40H. The maximum absolute atomic E-state index is 2.35. The Morgan fingerprint density at radius 2 is 0.655 bits per heavy atom. The summed E-state index contributed by atoms with van der Waals surface area (Å²) in [6.07, 6.45) is 0. The molecule has 0 heterocycles. The zero-order valence-corrected chi connectivity index (χ0v) is 32.0. The summed E-state index contributed by atoms with van der Waals surface area (Å²) in [5, 5.41) is 4.96. The van der Waals surface area contributed by atoms with Gasteiger partial charge in [0.25, 0.3) is 0 Å². The Morgan fingerprint density at radius 3 is 1.28 bits per heavy atom. The van der Waals surface area contributed by atoms with Crippen LogP contribution < -0.4 is 9.80 Å². The van der Waals surface area contributed by atoms with Gasteiger partial charge in [0, 0.05) is 34.1 Å². The Kier molecular flexibility index (Phi) is 9.27. The highest BCUT2D eigenvalue weighted by atomic mass is 15.2. The van der Waals surface area contributed by atoms with Crippen molar-refractivity contribution in [2.45, 2.75) is 0 Å². The number of para-hydroxylation sites is 2. The molecule has 10 rings (SSSR count).